The lowest BCUT2D eigenvalue weighted by atomic mass is 10.0. The van der Waals surface area contributed by atoms with Crippen molar-refractivity contribution in [3.63, 3.8) is 0 Å². The third-order valence-corrected chi connectivity index (χ3v) is 6.39. The molecule has 0 spiro atoms. The van der Waals surface area contributed by atoms with Crippen molar-refractivity contribution in [2.24, 2.45) is 11.7 Å². The van der Waals surface area contributed by atoms with Gasteiger partial charge in [-0.2, -0.15) is 0 Å². The van der Waals surface area contributed by atoms with Gasteiger partial charge in [0.25, 0.3) is 0 Å². The molecule has 122 valence electrons. The number of sulfonamides is 1. The monoisotopic (exact) mass is 332 g/mol. The van der Waals surface area contributed by atoms with Gasteiger partial charge < -0.3 is 5.73 Å². The zero-order valence-corrected chi connectivity index (χ0v) is 14.9. The van der Waals surface area contributed by atoms with Gasteiger partial charge in [-0.15, -0.1) is 11.3 Å². The molecule has 1 aromatic rings. The van der Waals surface area contributed by atoms with Crippen molar-refractivity contribution in [1.82, 2.24) is 4.72 Å². The summed E-state index contributed by atoms with van der Waals surface area (Å²) in [5.41, 5.74) is 6.40. The van der Waals surface area contributed by atoms with E-state index in [1.54, 1.807) is 0 Å². The van der Waals surface area contributed by atoms with Crippen molar-refractivity contribution in [3.8, 4) is 0 Å². The Balaban J connectivity index is 2.39. The van der Waals surface area contributed by atoms with Crippen LogP contribution in [0.4, 0.5) is 0 Å². The first kappa shape index (κ1) is 18.6. The first-order valence-corrected chi connectivity index (χ1v) is 10.0. The number of aryl methyl sites for hydroxylation is 1. The predicted molar refractivity (Wildman–Crippen MR) is 90.1 cm³/mol. The maximum atomic E-state index is 12.3. The molecule has 1 aromatic heterocycles. The highest BCUT2D eigenvalue weighted by molar-refractivity contribution is 7.89. The average molecular weight is 333 g/mol. The average Bonchev–Trinajstić information content (AvgIpc) is 2.79. The van der Waals surface area contributed by atoms with Crippen LogP contribution in [-0.2, 0) is 16.6 Å². The molecule has 1 heterocycles. The number of nitrogens with one attached hydrogen (secondary N) is 1. The van der Waals surface area contributed by atoms with Gasteiger partial charge in [-0.1, -0.05) is 39.5 Å². The Bertz CT molecular complexity index is 522. The van der Waals surface area contributed by atoms with Crippen LogP contribution in [-0.4, -0.2) is 15.0 Å². The van der Waals surface area contributed by atoms with Gasteiger partial charge in [0.05, 0.1) is 0 Å². The Morgan fingerprint density at radius 2 is 1.90 bits per heavy atom. The Kier molecular flexibility index (Phi) is 7.87. The molecule has 0 saturated carbocycles. The third kappa shape index (κ3) is 6.06. The molecule has 0 amide bonds. The zero-order valence-electron chi connectivity index (χ0n) is 13.3. The third-order valence-electron chi connectivity index (χ3n) is 3.44. The Hall–Kier alpha value is -0.430. The van der Waals surface area contributed by atoms with Gasteiger partial charge in [-0.25, -0.2) is 13.1 Å². The quantitative estimate of drug-likeness (QED) is 0.645. The van der Waals surface area contributed by atoms with Gasteiger partial charge in [-0.3, -0.25) is 0 Å². The molecular weight excluding hydrogens is 304 g/mol. The molecule has 21 heavy (non-hydrogen) atoms. The second-order valence-corrected chi connectivity index (χ2v) is 8.54. The van der Waals surface area contributed by atoms with Gasteiger partial charge in [0.15, 0.2) is 0 Å². The molecule has 3 N–H and O–H groups in total. The number of hydrogen-bond donors (Lipinski definition) is 2. The van der Waals surface area contributed by atoms with E-state index >= 15 is 0 Å². The molecule has 0 fully saturated rings. The van der Waals surface area contributed by atoms with E-state index in [-0.39, 0.29) is 6.54 Å². The molecule has 0 atom stereocenters. The Labute approximate surface area is 133 Å². The van der Waals surface area contributed by atoms with Crippen molar-refractivity contribution < 1.29 is 8.42 Å². The van der Waals surface area contributed by atoms with Gasteiger partial charge in [-0.05, 0) is 30.2 Å². The fraction of sp³-hybridized carbons (Fsp3) is 0.733. The number of thiophene rings is 1. The van der Waals surface area contributed by atoms with E-state index in [4.69, 9.17) is 5.73 Å². The summed E-state index contributed by atoms with van der Waals surface area (Å²) in [6, 6.07) is 0. The van der Waals surface area contributed by atoms with E-state index in [1.807, 2.05) is 12.3 Å². The summed E-state index contributed by atoms with van der Waals surface area (Å²) in [6.45, 7) is 7.04. The minimum Gasteiger partial charge on any atom is -0.326 e. The highest BCUT2D eigenvalue weighted by Crippen LogP contribution is 2.26. The summed E-state index contributed by atoms with van der Waals surface area (Å²) in [6.07, 6.45) is 5.61. The van der Waals surface area contributed by atoms with E-state index in [1.165, 1.54) is 30.6 Å². The smallest absolute Gasteiger partial charge is 0.241 e. The molecule has 1 rings (SSSR count). The molecule has 0 aliphatic heterocycles. The highest BCUT2D eigenvalue weighted by atomic mass is 32.2. The molecule has 6 heteroatoms. The van der Waals surface area contributed by atoms with Crippen LogP contribution in [0.3, 0.4) is 0 Å². The number of unbranched alkanes of at least 4 members (excludes halogenated alkanes) is 3. The van der Waals surface area contributed by atoms with Gasteiger partial charge >= 0.3 is 0 Å². The number of rotatable bonds is 10. The second-order valence-electron chi connectivity index (χ2n) is 5.87. The van der Waals surface area contributed by atoms with E-state index < -0.39 is 10.0 Å². The maximum Gasteiger partial charge on any atom is 0.241 e. The van der Waals surface area contributed by atoms with Gasteiger partial charge in [0.1, 0.15) is 4.90 Å². The van der Waals surface area contributed by atoms with Crippen molar-refractivity contribution >= 4 is 21.4 Å². The van der Waals surface area contributed by atoms with Crippen LogP contribution in [0.5, 0.6) is 0 Å². The molecule has 0 radical (unpaired) electrons. The van der Waals surface area contributed by atoms with Gasteiger partial charge in [0, 0.05) is 18.0 Å². The maximum absolute atomic E-state index is 12.3. The number of hydrogen-bond acceptors (Lipinski definition) is 4. The van der Waals surface area contributed by atoms with Crippen molar-refractivity contribution in [1.29, 1.82) is 0 Å². The minimum atomic E-state index is -3.42. The van der Waals surface area contributed by atoms with Crippen molar-refractivity contribution in [3.05, 3.63) is 15.8 Å². The second kappa shape index (κ2) is 8.88. The summed E-state index contributed by atoms with van der Waals surface area (Å²) in [5, 5.41) is 1.85. The van der Waals surface area contributed by atoms with Crippen LogP contribution in [0, 0.1) is 12.8 Å². The van der Waals surface area contributed by atoms with Crippen molar-refractivity contribution in [2.75, 3.05) is 6.54 Å². The summed E-state index contributed by atoms with van der Waals surface area (Å²) < 4.78 is 27.3. The lowest BCUT2D eigenvalue weighted by Crippen LogP contribution is -2.26. The van der Waals surface area contributed by atoms with Gasteiger partial charge in [0.2, 0.25) is 10.0 Å². The van der Waals surface area contributed by atoms with Crippen LogP contribution >= 0.6 is 11.3 Å². The SMILES string of the molecule is Cc1csc(CN)c1S(=O)(=O)NCCCCCCC(C)C. The number of nitrogens with two attached hydrogens (primary N) is 1. The summed E-state index contributed by atoms with van der Waals surface area (Å²) >= 11 is 1.41. The van der Waals surface area contributed by atoms with Crippen LogP contribution in [0.2, 0.25) is 0 Å². The fourth-order valence-corrected chi connectivity index (χ4v) is 5.07. The standard InChI is InChI=1S/C15H28N2O2S2/c1-12(2)8-6-4-5-7-9-17-21(18,19)15-13(3)11-20-14(15)10-16/h11-12,17H,4-10,16H2,1-3H3. The molecular formula is C15H28N2O2S2. The lowest BCUT2D eigenvalue weighted by Gasteiger charge is -2.09. The van der Waals surface area contributed by atoms with E-state index in [9.17, 15) is 8.42 Å². The Morgan fingerprint density at radius 3 is 2.52 bits per heavy atom. The van der Waals surface area contributed by atoms with Crippen LogP contribution in [0.1, 0.15) is 56.4 Å². The van der Waals surface area contributed by atoms with Crippen LogP contribution in [0.15, 0.2) is 10.3 Å². The van der Waals surface area contributed by atoms with Crippen LogP contribution in [0.25, 0.3) is 0 Å². The molecule has 4 nitrogen and oxygen atoms in total. The highest BCUT2D eigenvalue weighted by Gasteiger charge is 2.21. The molecule has 0 unspecified atom stereocenters. The normalized spacial score (nSPS) is 12.2. The molecule has 0 bridgehead atoms. The molecule has 0 aliphatic carbocycles. The molecule has 0 saturated heterocycles. The topological polar surface area (TPSA) is 72.2 Å². The van der Waals surface area contributed by atoms with E-state index in [2.05, 4.69) is 18.6 Å². The predicted octanol–water partition coefficient (Wildman–Crippen LogP) is 3.40. The Morgan fingerprint density at radius 1 is 1.24 bits per heavy atom. The summed E-state index contributed by atoms with van der Waals surface area (Å²) in [5.74, 6) is 0.750. The fourth-order valence-electron chi connectivity index (χ4n) is 2.30. The molecule has 0 aliphatic rings. The first-order chi connectivity index (χ1) is 9.88. The van der Waals surface area contributed by atoms with E-state index in [0.717, 1.165) is 29.2 Å². The lowest BCUT2D eigenvalue weighted by molar-refractivity contribution is 0.517. The largest absolute Gasteiger partial charge is 0.326 e. The summed E-state index contributed by atoms with van der Waals surface area (Å²) in [7, 11) is -3.42. The zero-order chi connectivity index (χ0) is 15.9. The van der Waals surface area contributed by atoms with E-state index in [0.29, 0.717) is 11.4 Å². The summed E-state index contributed by atoms with van der Waals surface area (Å²) in [4.78, 5) is 1.12. The van der Waals surface area contributed by atoms with Crippen LogP contribution < -0.4 is 10.5 Å². The first-order valence-electron chi connectivity index (χ1n) is 7.65. The minimum absolute atomic E-state index is 0.268. The molecule has 0 aromatic carbocycles. The van der Waals surface area contributed by atoms with Crippen molar-refractivity contribution in [2.45, 2.75) is 64.3 Å².